The third-order valence-corrected chi connectivity index (χ3v) is 8.33. The smallest absolute Gasteiger partial charge is 0.257 e. The van der Waals surface area contributed by atoms with E-state index in [0.29, 0.717) is 44.7 Å². The van der Waals surface area contributed by atoms with Crippen molar-refractivity contribution in [1.82, 2.24) is 38.7 Å². The summed E-state index contributed by atoms with van der Waals surface area (Å²) in [4.78, 5) is 16.3. The van der Waals surface area contributed by atoms with Gasteiger partial charge >= 0.3 is 0 Å². The molecule has 0 unspecified atom stereocenters. The average Bonchev–Trinajstić information content (AvgIpc) is 3.84. The van der Waals surface area contributed by atoms with Gasteiger partial charge in [0.2, 0.25) is 0 Å². The van der Waals surface area contributed by atoms with E-state index < -0.39 is 0 Å². The second-order valence-corrected chi connectivity index (χ2v) is 11.7. The predicted octanol–water partition coefficient (Wildman–Crippen LogP) is 8.39. The molecule has 3 aromatic carbocycles. The summed E-state index contributed by atoms with van der Waals surface area (Å²) in [7, 11) is 1.64. The molecule has 230 valence electrons. The summed E-state index contributed by atoms with van der Waals surface area (Å²) in [6.07, 6.45) is 7.43. The van der Waals surface area contributed by atoms with Crippen LogP contribution in [-0.2, 0) is 0 Å². The van der Waals surface area contributed by atoms with Gasteiger partial charge in [0, 0.05) is 45.8 Å². The Morgan fingerprint density at radius 1 is 0.702 bits per heavy atom. The number of pyridine rings is 2. The number of rotatable bonds is 7. The number of halogens is 2. The van der Waals surface area contributed by atoms with E-state index in [9.17, 15) is 0 Å². The molecule has 12 heteroatoms. The zero-order valence-corrected chi connectivity index (χ0v) is 26.7. The van der Waals surface area contributed by atoms with Gasteiger partial charge in [0.05, 0.1) is 30.5 Å². The number of hydrogen-bond acceptors (Lipinski definition) is 7. The number of fused-ring (bicyclic) bond motifs is 2. The maximum atomic E-state index is 6.19. The molecule has 0 saturated heterocycles. The van der Waals surface area contributed by atoms with Crippen molar-refractivity contribution in [2.45, 2.75) is 6.92 Å². The van der Waals surface area contributed by atoms with Crippen LogP contribution in [0.1, 0.15) is 5.69 Å². The fourth-order valence-corrected chi connectivity index (χ4v) is 5.83. The normalized spacial score (nSPS) is 11.4. The Kier molecular flexibility index (Phi) is 7.08. The van der Waals surface area contributed by atoms with Crippen LogP contribution in [0.5, 0.6) is 5.75 Å². The first-order valence-electron chi connectivity index (χ1n) is 14.7. The summed E-state index contributed by atoms with van der Waals surface area (Å²) in [5.74, 6) is 1.38. The number of anilines is 3. The van der Waals surface area contributed by atoms with E-state index in [1.54, 1.807) is 22.5 Å². The molecule has 0 aliphatic heterocycles. The summed E-state index contributed by atoms with van der Waals surface area (Å²) >= 11 is 12.4. The molecule has 0 radical (unpaired) electrons. The number of benzene rings is 3. The van der Waals surface area contributed by atoms with Crippen LogP contribution in [0.15, 0.2) is 116 Å². The number of methoxy groups -OCH3 is 1. The largest absolute Gasteiger partial charge is 0.494 e. The highest BCUT2D eigenvalue weighted by Crippen LogP contribution is 2.37. The first-order chi connectivity index (χ1) is 22.9. The fraction of sp³-hybridized carbons (Fsp3) is 0.0571. The topological polar surface area (TPSA) is 90.7 Å². The van der Waals surface area contributed by atoms with Crippen LogP contribution < -0.4 is 9.64 Å². The highest BCUT2D eigenvalue weighted by Gasteiger charge is 2.25. The van der Waals surface area contributed by atoms with Gasteiger partial charge in [-0.05, 0) is 78.7 Å². The van der Waals surface area contributed by atoms with Crippen molar-refractivity contribution in [3.63, 3.8) is 0 Å². The highest BCUT2D eigenvalue weighted by atomic mass is 35.5. The lowest BCUT2D eigenvalue weighted by Gasteiger charge is -2.19. The van der Waals surface area contributed by atoms with E-state index >= 15 is 0 Å². The second kappa shape index (κ2) is 11.6. The molecule has 8 rings (SSSR count). The van der Waals surface area contributed by atoms with Gasteiger partial charge in [0.1, 0.15) is 5.75 Å². The van der Waals surface area contributed by atoms with Gasteiger partial charge in [-0.15, -0.1) is 10.2 Å². The third kappa shape index (κ3) is 5.23. The molecule has 5 heterocycles. The minimum absolute atomic E-state index is 0.378. The molecule has 0 aliphatic carbocycles. The number of hydrogen-bond donors (Lipinski definition) is 0. The maximum Gasteiger partial charge on any atom is 0.257 e. The van der Waals surface area contributed by atoms with Crippen LogP contribution in [0.25, 0.3) is 39.2 Å². The van der Waals surface area contributed by atoms with E-state index in [-0.39, 0.29) is 0 Å². The Hall–Kier alpha value is -5.71. The Labute approximate surface area is 279 Å². The van der Waals surface area contributed by atoms with Crippen molar-refractivity contribution in [3.8, 4) is 33.7 Å². The molecule has 0 amide bonds. The lowest BCUT2D eigenvalue weighted by Crippen LogP contribution is -2.14. The Morgan fingerprint density at radius 2 is 1.26 bits per heavy atom. The van der Waals surface area contributed by atoms with Crippen molar-refractivity contribution < 1.29 is 4.74 Å². The molecule has 0 aliphatic rings. The van der Waals surface area contributed by atoms with Gasteiger partial charge in [-0.25, -0.2) is 18.9 Å². The molecular formula is C35H25Cl2N9O. The molecular weight excluding hydrogens is 633 g/mol. The zero-order chi connectivity index (χ0) is 32.1. The fourth-order valence-electron chi connectivity index (χ4n) is 5.58. The third-order valence-electron chi connectivity index (χ3n) is 7.82. The van der Waals surface area contributed by atoms with Crippen molar-refractivity contribution in [3.05, 3.63) is 132 Å². The summed E-state index contributed by atoms with van der Waals surface area (Å²) in [6.45, 7) is 1.94. The minimum atomic E-state index is 0.378. The van der Waals surface area contributed by atoms with E-state index in [1.807, 2.05) is 126 Å². The van der Waals surface area contributed by atoms with Gasteiger partial charge in [0.15, 0.2) is 11.3 Å². The highest BCUT2D eigenvalue weighted by molar-refractivity contribution is 6.31. The van der Waals surface area contributed by atoms with Crippen molar-refractivity contribution in [2.24, 2.45) is 0 Å². The number of ether oxygens (including phenoxy) is 1. The van der Waals surface area contributed by atoms with Gasteiger partial charge in [-0.2, -0.15) is 9.97 Å². The monoisotopic (exact) mass is 657 g/mol. The second-order valence-electron chi connectivity index (χ2n) is 10.8. The van der Waals surface area contributed by atoms with Crippen LogP contribution in [0, 0.1) is 6.92 Å². The number of aromatic nitrogens is 8. The maximum absolute atomic E-state index is 6.19. The zero-order valence-electron chi connectivity index (χ0n) is 25.2. The summed E-state index contributed by atoms with van der Waals surface area (Å²) in [5, 5.41) is 11.2. The van der Waals surface area contributed by atoms with Crippen molar-refractivity contribution >= 4 is 52.1 Å². The summed E-state index contributed by atoms with van der Waals surface area (Å²) in [5.41, 5.74) is 7.49. The SMILES string of the molecule is COc1cc(N(c2nc3c(-c4ccc(Cl)cc4)cccn3n2)c2nc3c(-c4ccc(Cl)cc4)cccn3n2)ccc1-n1cnc(C)c1. The summed E-state index contributed by atoms with van der Waals surface area (Å²) in [6, 6.07) is 29.0. The molecule has 10 nitrogen and oxygen atoms in total. The number of nitrogens with zero attached hydrogens (tertiary/aromatic N) is 9. The van der Waals surface area contributed by atoms with Crippen molar-refractivity contribution in [1.29, 1.82) is 0 Å². The van der Waals surface area contributed by atoms with Gasteiger partial charge in [-0.3, -0.25) is 0 Å². The minimum Gasteiger partial charge on any atom is -0.494 e. The summed E-state index contributed by atoms with van der Waals surface area (Å²) < 4.78 is 11.3. The first-order valence-corrected chi connectivity index (χ1v) is 15.4. The molecule has 0 N–H and O–H groups in total. The van der Waals surface area contributed by atoms with E-state index in [2.05, 4.69) is 4.98 Å². The number of aryl methyl sites for hydroxylation is 1. The Morgan fingerprint density at radius 3 is 1.74 bits per heavy atom. The standard InChI is InChI=1S/C35H25Cl2N9O/c1-22-20-43(21-38-22)30-16-15-27(19-31(30)47-2)46(34-39-32-28(5-3-17-44(32)41-34)23-7-11-25(36)12-8-23)35-40-33-29(6-4-18-45(33)42-35)24-9-13-26(37)14-10-24/h3-21H,1-2H3. The van der Waals surface area contributed by atoms with Crippen LogP contribution in [0.3, 0.4) is 0 Å². The quantitative estimate of drug-likeness (QED) is 0.170. The molecule has 0 spiro atoms. The predicted molar refractivity (Wildman–Crippen MR) is 184 cm³/mol. The molecule has 0 atom stereocenters. The molecule has 0 bridgehead atoms. The van der Waals surface area contributed by atoms with Crippen molar-refractivity contribution in [2.75, 3.05) is 12.0 Å². The molecule has 47 heavy (non-hydrogen) atoms. The van der Waals surface area contributed by atoms with Crippen LogP contribution in [-0.4, -0.2) is 45.9 Å². The Balaban J connectivity index is 1.32. The molecule has 8 aromatic rings. The van der Waals surface area contributed by atoms with Gasteiger partial charge < -0.3 is 9.30 Å². The molecule has 5 aromatic heterocycles. The number of imidazole rings is 1. The molecule has 0 saturated carbocycles. The average molecular weight is 659 g/mol. The van der Waals surface area contributed by atoms with E-state index in [0.717, 1.165) is 33.6 Å². The van der Waals surface area contributed by atoms with Crippen LogP contribution in [0.4, 0.5) is 17.6 Å². The first kappa shape index (κ1) is 28.7. The van der Waals surface area contributed by atoms with Gasteiger partial charge in [0.25, 0.3) is 11.9 Å². The van der Waals surface area contributed by atoms with E-state index in [4.69, 9.17) is 48.1 Å². The van der Waals surface area contributed by atoms with Crippen LogP contribution >= 0.6 is 23.2 Å². The lowest BCUT2D eigenvalue weighted by atomic mass is 10.1. The lowest BCUT2D eigenvalue weighted by molar-refractivity contribution is 0.413. The van der Waals surface area contributed by atoms with Gasteiger partial charge in [-0.1, -0.05) is 47.5 Å². The van der Waals surface area contributed by atoms with Crippen LogP contribution in [0.2, 0.25) is 10.0 Å². The Bertz CT molecular complexity index is 2270. The van der Waals surface area contributed by atoms with E-state index in [1.165, 1.54) is 0 Å². The molecule has 0 fully saturated rings.